The zero-order valence-corrected chi connectivity index (χ0v) is 12.8. The number of ether oxygens (including phenoxy) is 2. The molecule has 0 amide bonds. The van der Waals surface area contributed by atoms with Gasteiger partial charge in [-0.3, -0.25) is 9.59 Å². The van der Waals surface area contributed by atoms with E-state index in [2.05, 4.69) is 0 Å². The normalized spacial score (nSPS) is 10.4. The van der Waals surface area contributed by atoms with Crippen molar-refractivity contribution in [2.75, 3.05) is 25.5 Å². The highest BCUT2D eigenvalue weighted by Crippen LogP contribution is 2.42. The van der Waals surface area contributed by atoms with Crippen LogP contribution in [0.15, 0.2) is 0 Å². The first kappa shape index (κ1) is 17.7. The fourth-order valence-electron chi connectivity index (χ4n) is 1.31. The number of carbonyl (C=O) groups is 2. The van der Waals surface area contributed by atoms with Crippen LogP contribution in [-0.2, 0) is 19.1 Å². The fraction of sp³-hybridized carbons (Fsp3) is 0.833. The first-order valence-electron chi connectivity index (χ1n) is 6.20. The van der Waals surface area contributed by atoms with Crippen molar-refractivity contribution in [2.45, 2.75) is 39.5 Å². The van der Waals surface area contributed by atoms with Gasteiger partial charge in [-0.25, -0.2) is 0 Å². The number of rotatable bonds is 10. The van der Waals surface area contributed by atoms with E-state index in [0.29, 0.717) is 13.2 Å². The number of hydrogen-bond acceptors (Lipinski definition) is 4. The van der Waals surface area contributed by atoms with Crippen molar-refractivity contribution in [2.24, 2.45) is 0 Å². The highest BCUT2D eigenvalue weighted by atomic mass is 35.7. The van der Waals surface area contributed by atoms with Crippen molar-refractivity contribution >= 4 is 30.5 Å². The van der Waals surface area contributed by atoms with Gasteiger partial charge in [0.1, 0.15) is 0 Å². The van der Waals surface area contributed by atoms with Crippen molar-refractivity contribution in [3.63, 3.8) is 0 Å². The number of esters is 2. The van der Waals surface area contributed by atoms with Crippen molar-refractivity contribution < 1.29 is 19.1 Å². The molecule has 0 aromatic heterocycles. The van der Waals surface area contributed by atoms with Gasteiger partial charge in [0.25, 0.3) is 0 Å². The van der Waals surface area contributed by atoms with Gasteiger partial charge in [-0.2, -0.15) is 0 Å². The molecule has 0 spiro atoms. The molecule has 0 saturated heterocycles. The molecular formula is C12H22ClO4P. The zero-order chi connectivity index (χ0) is 13.8. The summed E-state index contributed by atoms with van der Waals surface area (Å²) in [6.07, 6.45) is 5.72. The summed E-state index contributed by atoms with van der Waals surface area (Å²) in [6.45, 7) is 3.80. The highest BCUT2D eigenvalue weighted by molar-refractivity contribution is 7.83. The Morgan fingerprint density at radius 1 is 0.889 bits per heavy atom. The first-order chi connectivity index (χ1) is 8.52. The molecule has 106 valence electrons. The lowest BCUT2D eigenvalue weighted by Gasteiger charge is -2.09. The molecule has 0 saturated carbocycles. The number of unbranched alkanes of at least 4 members (excludes halogenated alkanes) is 2. The average Bonchev–Trinajstić information content (AvgIpc) is 2.27. The molecule has 0 rings (SSSR count). The minimum Gasteiger partial charge on any atom is -0.466 e. The summed E-state index contributed by atoms with van der Waals surface area (Å²) in [7, 11) is -0.453. The number of hydrogen-bond donors (Lipinski definition) is 0. The summed E-state index contributed by atoms with van der Waals surface area (Å²) in [5.74, 6) is -0.456. The summed E-state index contributed by atoms with van der Waals surface area (Å²) >= 11 is 6.21. The Kier molecular flexibility index (Phi) is 11.5. The minimum atomic E-state index is -0.453. The van der Waals surface area contributed by atoms with E-state index < -0.39 is 7.27 Å². The Balaban J connectivity index is 3.24. The van der Waals surface area contributed by atoms with Gasteiger partial charge in [0, 0.05) is 13.8 Å². The summed E-state index contributed by atoms with van der Waals surface area (Å²) in [5.41, 5.74) is 0. The molecule has 0 radical (unpaired) electrons. The van der Waals surface area contributed by atoms with Crippen LogP contribution in [0.3, 0.4) is 0 Å². The van der Waals surface area contributed by atoms with Gasteiger partial charge in [-0.1, -0.05) is 11.2 Å². The smallest absolute Gasteiger partial charge is 0.302 e. The number of carbonyl (C=O) groups excluding carboxylic acids is 2. The van der Waals surface area contributed by atoms with Crippen LogP contribution in [0.5, 0.6) is 0 Å². The van der Waals surface area contributed by atoms with Gasteiger partial charge in [0.15, 0.2) is 0 Å². The van der Waals surface area contributed by atoms with Gasteiger partial charge in [0.05, 0.1) is 13.2 Å². The summed E-state index contributed by atoms with van der Waals surface area (Å²) < 4.78 is 9.67. The third-order valence-corrected chi connectivity index (χ3v) is 4.82. The fourth-order valence-corrected chi connectivity index (χ4v) is 3.39. The molecule has 0 aliphatic rings. The molecule has 0 N–H and O–H groups in total. The van der Waals surface area contributed by atoms with Crippen molar-refractivity contribution in [3.8, 4) is 0 Å². The van der Waals surface area contributed by atoms with Crippen LogP contribution in [0.1, 0.15) is 39.5 Å². The van der Waals surface area contributed by atoms with Crippen LogP contribution in [0.4, 0.5) is 0 Å². The summed E-state index contributed by atoms with van der Waals surface area (Å²) in [4.78, 5) is 21.0. The largest absolute Gasteiger partial charge is 0.466 e. The van der Waals surface area contributed by atoms with Gasteiger partial charge in [0.2, 0.25) is 0 Å². The second-order valence-electron chi connectivity index (χ2n) is 4.00. The van der Waals surface area contributed by atoms with Crippen LogP contribution in [0.2, 0.25) is 0 Å². The molecule has 0 aromatic carbocycles. The molecule has 0 heterocycles. The van der Waals surface area contributed by atoms with E-state index >= 15 is 0 Å². The molecule has 4 nitrogen and oxygen atoms in total. The van der Waals surface area contributed by atoms with Crippen molar-refractivity contribution in [1.29, 1.82) is 0 Å². The number of halogens is 1. The highest BCUT2D eigenvalue weighted by Gasteiger charge is 2.04. The van der Waals surface area contributed by atoms with E-state index in [4.69, 9.17) is 20.7 Å². The Labute approximate surface area is 115 Å². The summed E-state index contributed by atoms with van der Waals surface area (Å²) in [6, 6.07) is 0. The Morgan fingerprint density at radius 3 is 1.61 bits per heavy atom. The van der Waals surface area contributed by atoms with Crippen molar-refractivity contribution in [3.05, 3.63) is 0 Å². The standard InChI is InChI=1S/C12H22ClO4P/c1-11(14)16-7-3-5-9-18(13)10-6-4-8-17-12(2)15/h3-10H2,1-2H3. The molecule has 0 aliphatic carbocycles. The first-order valence-corrected chi connectivity index (χ1v) is 8.81. The molecule has 0 bridgehead atoms. The lowest BCUT2D eigenvalue weighted by molar-refractivity contribution is -0.142. The second-order valence-corrected chi connectivity index (χ2v) is 7.26. The van der Waals surface area contributed by atoms with Crippen molar-refractivity contribution in [1.82, 2.24) is 0 Å². The van der Waals surface area contributed by atoms with Crippen LogP contribution in [0, 0.1) is 0 Å². The Morgan fingerprint density at radius 2 is 1.28 bits per heavy atom. The van der Waals surface area contributed by atoms with Gasteiger partial charge in [-0.15, -0.1) is 0 Å². The topological polar surface area (TPSA) is 52.6 Å². The lowest BCUT2D eigenvalue weighted by atomic mass is 10.3. The molecule has 18 heavy (non-hydrogen) atoms. The molecule has 6 heteroatoms. The van der Waals surface area contributed by atoms with E-state index in [1.54, 1.807) is 0 Å². The van der Waals surface area contributed by atoms with Gasteiger partial charge in [-0.05, 0) is 45.3 Å². The van der Waals surface area contributed by atoms with E-state index in [1.165, 1.54) is 13.8 Å². The predicted molar refractivity (Wildman–Crippen MR) is 74.2 cm³/mol. The SMILES string of the molecule is CC(=O)OCCCCP(Cl)CCCCOC(C)=O. The van der Waals surface area contributed by atoms with Gasteiger partial charge >= 0.3 is 11.9 Å². The summed E-state index contributed by atoms with van der Waals surface area (Å²) in [5, 5.41) is 0. The van der Waals surface area contributed by atoms with Crippen LogP contribution >= 0.6 is 18.5 Å². The van der Waals surface area contributed by atoms with E-state index in [-0.39, 0.29) is 11.9 Å². The van der Waals surface area contributed by atoms with Crippen LogP contribution in [-0.4, -0.2) is 37.5 Å². The monoisotopic (exact) mass is 296 g/mol. The van der Waals surface area contributed by atoms with E-state index in [1.807, 2.05) is 0 Å². The van der Waals surface area contributed by atoms with Crippen LogP contribution < -0.4 is 0 Å². The average molecular weight is 297 g/mol. The zero-order valence-electron chi connectivity index (χ0n) is 11.1. The third-order valence-electron chi connectivity index (χ3n) is 2.20. The van der Waals surface area contributed by atoms with E-state index in [0.717, 1.165) is 38.0 Å². The Bertz CT molecular complexity index is 224. The predicted octanol–water partition coefficient (Wildman–Crippen LogP) is 3.31. The van der Waals surface area contributed by atoms with Gasteiger partial charge < -0.3 is 9.47 Å². The quantitative estimate of drug-likeness (QED) is 0.352. The van der Waals surface area contributed by atoms with Crippen LogP contribution in [0.25, 0.3) is 0 Å². The molecular weight excluding hydrogens is 275 g/mol. The van der Waals surface area contributed by atoms with E-state index in [9.17, 15) is 9.59 Å². The molecule has 0 unspecified atom stereocenters. The minimum absolute atomic E-state index is 0.228. The molecule has 0 aliphatic heterocycles. The molecule has 0 aromatic rings. The third kappa shape index (κ3) is 13.7. The Hall–Kier alpha value is -0.340. The molecule has 0 fully saturated rings. The lowest BCUT2D eigenvalue weighted by Crippen LogP contribution is -2.01. The molecule has 0 atom stereocenters. The maximum atomic E-state index is 10.5. The maximum absolute atomic E-state index is 10.5. The maximum Gasteiger partial charge on any atom is 0.302 e. The second kappa shape index (κ2) is 11.7.